The van der Waals surface area contributed by atoms with E-state index in [0.717, 1.165) is 5.69 Å². The molecule has 1 aromatic rings. The van der Waals surface area contributed by atoms with Gasteiger partial charge >= 0.3 is 0 Å². The van der Waals surface area contributed by atoms with Gasteiger partial charge in [-0.2, -0.15) is 10.2 Å². The van der Waals surface area contributed by atoms with E-state index in [0.29, 0.717) is 5.92 Å². The Bertz CT molecular complexity index is 312. The van der Waals surface area contributed by atoms with Crippen LogP contribution in [0.15, 0.2) is 28.6 Å². The highest BCUT2D eigenvalue weighted by atomic mass is 32.2. The minimum Gasteiger partial charge on any atom is -0.200 e. The molecule has 0 aromatic carbocycles. The van der Waals surface area contributed by atoms with Crippen molar-refractivity contribution in [2.45, 2.75) is 12.8 Å². The molecule has 0 amide bonds. The zero-order chi connectivity index (χ0) is 9.10. The minimum absolute atomic E-state index is 0.334. The summed E-state index contributed by atoms with van der Waals surface area (Å²) in [4.78, 5) is 1.30. The molecule has 2 rings (SSSR count). The third-order valence-electron chi connectivity index (χ3n) is 1.85. The van der Waals surface area contributed by atoms with E-state index in [9.17, 15) is 0 Å². The molecule has 1 atom stereocenters. The van der Waals surface area contributed by atoms with E-state index in [-0.39, 0.29) is 0 Å². The number of nitrogens with one attached hydrogen (secondary N) is 1. The van der Waals surface area contributed by atoms with Crippen molar-refractivity contribution in [3.05, 3.63) is 34.3 Å². The first kappa shape index (κ1) is 9.05. The van der Waals surface area contributed by atoms with E-state index >= 15 is 0 Å². The van der Waals surface area contributed by atoms with E-state index in [1.165, 1.54) is 4.91 Å². The van der Waals surface area contributed by atoms with Crippen LogP contribution in [0.1, 0.15) is 18.5 Å². The Balaban J connectivity index is 2.17. The molecule has 0 unspecified atom stereocenters. The second-order valence-electron chi connectivity index (χ2n) is 2.69. The summed E-state index contributed by atoms with van der Waals surface area (Å²) in [5, 5.41) is 10.1. The Hall–Kier alpha value is -0.520. The summed E-state index contributed by atoms with van der Waals surface area (Å²) in [6.07, 6.45) is 1.69. The van der Waals surface area contributed by atoms with Crippen LogP contribution in [0, 0.1) is 0 Å². The Labute approximate surface area is 85.7 Å². The summed E-state index contributed by atoms with van der Waals surface area (Å²) >= 11 is 3.26. The SMILES string of the molecule is C[C@@H](C1=CSNS1)c1cccnn1. The van der Waals surface area contributed by atoms with Gasteiger partial charge in [-0.05, 0) is 41.4 Å². The lowest BCUT2D eigenvalue weighted by molar-refractivity contribution is 0.839. The molecular weight excluding hydrogens is 202 g/mol. The summed E-state index contributed by atoms with van der Waals surface area (Å²) in [5.74, 6) is 0.334. The Morgan fingerprint density at radius 3 is 3.08 bits per heavy atom. The van der Waals surface area contributed by atoms with E-state index in [1.54, 1.807) is 30.1 Å². The van der Waals surface area contributed by atoms with Crippen LogP contribution in [0.25, 0.3) is 0 Å². The fourth-order valence-electron chi connectivity index (χ4n) is 1.06. The van der Waals surface area contributed by atoms with Crippen LogP contribution in [0.3, 0.4) is 0 Å². The van der Waals surface area contributed by atoms with Crippen molar-refractivity contribution in [2.75, 3.05) is 0 Å². The molecule has 5 heteroatoms. The quantitative estimate of drug-likeness (QED) is 0.760. The molecule has 1 N–H and O–H groups in total. The molecule has 0 saturated heterocycles. The molecule has 1 aromatic heterocycles. The van der Waals surface area contributed by atoms with E-state index in [2.05, 4.69) is 26.7 Å². The fraction of sp³-hybridized carbons (Fsp3) is 0.250. The van der Waals surface area contributed by atoms with Gasteiger partial charge in [0.05, 0.1) is 5.69 Å². The first-order valence-electron chi connectivity index (χ1n) is 3.93. The van der Waals surface area contributed by atoms with Crippen molar-refractivity contribution in [1.29, 1.82) is 0 Å². The van der Waals surface area contributed by atoms with Gasteiger partial charge in [-0.1, -0.05) is 6.92 Å². The third kappa shape index (κ3) is 2.04. The Morgan fingerprint density at radius 2 is 2.46 bits per heavy atom. The maximum absolute atomic E-state index is 4.08. The van der Waals surface area contributed by atoms with Gasteiger partial charge in [0.25, 0.3) is 0 Å². The van der Waals surface area contributed by atoms with Crippen molar-refractivity contribution < 1.29 is 0 Å². The molecule has 0 radical (unpaired) electrons. The topological polar surface area (TPSA) is 37.8 Å². The van der Waals surface area contributed by atoms with Crippen LogP contribution in [0.2, 0.25) is 0 Å². The van der Waals surface area contributed by atoms with Crippen LogP contribution in [-0.4, -0.2) is 10.2 Å². The summed E-state index contributed by atoms with van der Waals surface area (Å²) in [7, 11) is 0. The molecule has 0 aliphatic carbocycles. The second-order valence-corrected chi connectivity index (χ2v) is 4.51. The summed E-state index contributed by atoms with van der Waals surface area (Å²) in [6.45, 7) is 2.14. The van der Waals surface area contributed by atoms with Gasteiger partial charge in [0.15, 0.2) is 0 Å². The lowest BCUT2D eigenvalue weighted by Gasteiger charge is -2.08. The van der Waals surface area contributed by atoms with Gasteiger partial charge in [-0.3, -0.25) is 0 Å². The number of hydrogen-bond acceptors (Lipinski definition) is 5. The van der Waals surface area contributed by atoms with Crippen LogP contribution in [-0.2, 0) is 0 Å². The molecular formula is C8H9N3S2. The largest absolute Gasteiger partial charge is 0.200 e. The number of aromatic nitrogens is 2. The standard InChI is InChI=1S/C8H9N3S2/c1-6(8-5-12-11-13-8)7-3-2-4-9-10-7/h2-6,11H,1H3/t6-/m1/s1. The first-order chi connectivity index (χ1) is 6.38. The maximum Gasteiger partial charge on any atom is 0.0708 e. The van der Waals surface area contributed by atoms with Crippen LogP contribution >= 0.6 is 23.9 Å². The molecule has 3 nitrogen and oxygen atoms in total. The van der Waals surface area contributed by atoms with Crippen molar-refractivity contribution in [1.82, 2.24) is 14.3 Å². The van der Waals surface area contributed by atoms with Crippen LogP contribution in [0.5, 0.6) is 0 Å². The number of rotatable bonds is 2. The highest BCUT2D eigenvalue weighted by molar-refractivity contribution is 8.18. The molecule has 1 aliphatic heterocycles. The molecule has 0 bridgehead atoms. The summed E-state index contributed by atoms with van der Waals surface area (Å²) in [5.41, 5.74) is 1.02. The predicted octanol–water partition coefficient (Wildman–Crippen LogP) is 2.32. The van der Waals surface area contributed by atoms with Crippen molar-refractivity contribution in [2.24, 2.45) is 0 Å². The van der Waals surface area contributed by atoms with Crippen molar-refractivity contribution >= 4 is 23.9 Å². The van der Waals surface area contributed by atoms with Crippen LogP contribution in [0.4, 0.5) is 0 Å². The highest BCUT2D eigenvalue weighted by Crippen LogP contribution is 2.36. The predicted molar refractivity (Wildman–Crippen MR) is 56.8 cm³/mol. The van der Waals surface area contributed by atoms with Gasteiger partial charge < -0.3 is 0 Å². The molecule has 13 heavy (non-hydrogen) atoms. The number of hydrogen-bond donors (Lipinski definition) is 1. The van der Waals surface area contributed by atoms with Gasteiger partial charge in [-0.15, -0.1) is 0 Å². The van der Waals surface area contributed by atoms with Gasteiger partial charge in [0.2, 0.25) is 0 Å². The normalized spacial score (nSPS) is 18.4. The van der Waals surface area contributed by atoms with Gasteiger partial charge in [-0.25, -0.2) is 4.13 Å². The van der Waals surface area contributed by atoms with Gasteiger partial charge in [0.1, 0.15) is 0 Å². The van der Waals surface area contributed by atoms with E-state index < -0.39 is 0 Å². The van der Waals surface area contributed by atoms with Gasteiger partial charge in [0, 0.05) is 17.0 Å². The van der Waals surface area contributed by atoms with Crippen molar-refractivity contribution in [3.63, 3.8) is 0 Å². The van der Waals surface area contributed by atoms with E-state index in [1.807, 2.05) is 12.1 Å². The summed E-state index contributed by atoms with van der Waals surface area (Å²) in [6, 6.07) is 3.92. The first-order valence-corrected chi connectivity index (χ1v) is 5.62. The Morgan fingerprint density at radius 1 is 1.54 bits per heavy atom. The fourth-order valence-corrected chi connectivity index (χ4v) is 2.78. The molecule has 0 fully saturated rings. The second kappa shape index (κ2) is 4.13. The molecule has 0 spiro atoms. The zero-order valence-electron chi connectivity index (χ0n) is 7.10. The third-order valence-corrected chi connectivity index (χ3v) is 3.79. The van der Waals surface area contributed by atoms with Crippen LogP contribution < -0.4 is 4.13 Å². The molecule has 68 valence electrons. The lowest BCUT2D eigenvalue weighted by Crippen LogP contribution is -1.99. The highest BCUT2D eigenvalue weighted by Gasteiger charge is 2.16. The average molecular weight is 211 g/mol. The maximum atomic E-state index is 4.08. The monoisotopic (exact) mass is 211 g/mol. The van der Waals surface area contributed by atoms with Crippen molar-refractivity contribution in [3.8, 4) is 0 Å². The smallest absolute Gasteiger partial charge is 0.0708 e. The average Bonchev–Trinajstić information content (AvgIpc) is 2.71. The minimum atomic E-state index is 0.334. The number of allylic oxidation sites excluding steroid dienone is 1. The number of nitrogens with zero attached hydrogens (tertiary/aromatic N) is 2. The molecule has 0 saturated carbocycles. The molecule has 1 aliphatic rings. The lowest BCUT2D eigenvalue weighted by atomic mass is 10.1. The molecule has 2 heterocycles. The zero-order valence-corrected chi connectivity index (χ0v) is 8.73. The van der Waals surface area contributed by atoms with E-state index in [4.69, 9.17) is 0 Å². The summed E-state index contributed by atoms with van der Waals surface area (Å²) < 4.78 is 3.12. The Kier molecular flexibility index (Phi) is 2.87.